The van der Waals surface area contributed by atoms with Gasteiger partial charge in [-0.1, -0.05) is 6.07 Å². The Balaban J connectivity index is 2.31. The predicted octanol–water partition coefficient (Wildman–Crippen LogP) is 3.25. The van der Waals surface area contributed by atoms with Crippen molar-refractivity contribution in [3.8, 4) is 0 Å². The van der Waals surface area contributed by atoms with Crippen LogP contribution in [0.4, 0.5) is 17.6 Å². The molecule has 31 heavy (non-hydrogen) atoms. The molecule has 0 spiro atoms. The highest BCUT2D eigenvalue weighted by molar-refractivity contribution is 7.92. The summed E-state index contributed by atoms with van der Waals surface area (Å²) in [4.78, 5) is 9.16. The average Bonchev–Trinajstić information content (AvgIpc) is 2.92. The third-order valence-corrected chi connectivity index (χ3v) is 7.82. The molecule has 0 aliphatic heterocycles. The number of aliphatic carboxylic acids is 1. The van der Waals surface area contributed by atoms with Crippen molar-refractivity contribution in [3.63, 3.8) is 0 Å². The van der Waals surface area contributed by atoms with Gasteiger partial charge in [0.25, 0.3) is 19.9 Å². The Kier molecular flexibility index (Phi) is 5.39. The molecule has 7 nitrogen and oxygen atoms in total. The second kappa shape index (κ2) is 7.34. The van der Waals surface area contributed by atoms with E-state index in [1.165, 1.54) is 6.92 Å². The predicted molar refractivity (Wildman–Crippen MR) is 100 cm³/mol. The van der Waals surface area contributed by atoms with Crippen molar-refractivity contribution >= 4 is 36.7 Å². The summed E-state index contributed by atoms with van der Waals surface area (Å²) in [5, 5.41) is 9.11. The molecule has 0 unspecified atom stereocenters. The fourth-order valence-corrected chi connectivity index (χ4v) is 5.66. The maximum atomic E-state index is 13.7. The first-order valence-corrected chi connectivity index (χ1v) is 11.3. The molecule has 1 aromatic heterocycles. The molecule has 0 saturated carbocycles. The zero-order chi connectivity index (χ0) is 23.4. The van der Waals surface area contributed by atoms with Crippen molar-refractivity contribution in [3.05, 3.63) is 59.5 Å². The lowest BCUT2D eigenvalue weighted by Crippen LogP contribution is -2.23. The van der Waals surface area contributed by atoms with Crippen LogP contribution in [0.15, 0.2) is 52.3 Å². The van der Waals surface area contributed by atoms with Crippen LogP contribution >= 0.6 is 0 Å². The summed E-state index contributed by atoms with van der Waals surface area (Å²) in [6.07, 6.45) is -0.642. The van der Waals surface area contributed by atoms with Crippen molar-refractivity contribution in [1.29, 1.82) is 0 Å². The van der Waals surface area contributed by atoms with Crippen molar-refractivity contribution < 1.29 is 44.3 Å². The van der Waals surface area contributed by atoms with E-state index in [1.54, 1.807) is 0 Å². The van der Waals surface area contributed by atoms with Crippen LogP contribution in [0.25, 0.3) is 10.9 Å². The molecule has 1 N–H and O–H groups in total. The van der Waals surface area contributed by atoms with Gasteiger partial charge in [0.1, 0.15) is 5.82 Å². The summed E-state index contributed by atoms with van der Waals surface area (Å²) in [6.45, 7) is 1.25. The second-order valence-corrected chi connectivity index (χ2v) is 10.2. The fourth-order valence-electron chi connectivity index (χ4n) is 3.15. The van der Waals surface area contributed by atoms with Crippen LogP contribution in [0.1, 0.15) is 11.3 Å². The van der Waals surface area contributed by atoms with E-state index in [-0.39, 0.29) is 22.2 Å². The number of sulfone groups is 1. The van der Waals surface area contributed by atoms with Gasteiger partial charge in [-0.05, 0) is 48.9 Å². The monoisotopic (exact) mass is 479 g/mol. The number of fused-ring (bicyclic) bond motifs is 1. The van der Waals surface area contributed by atoms with Crippen molar-refractivity contribution in [1.82, 2.24) is 3.97 Å². The van der Waals surface area contributed by atoms with Gasteiger partial charge in [-0.3, -0.25) is 4.79 Å². The number of hydrogen-bond donors (Lipinski definition) is 1. The standard InChI is InChI=1S/C18H13F4NO6S2/c1-10-14(9-17(24)25)15-7-11(19)5-6-16(15)23(10)31(28,29)13-4-2-3-12(8-13)30(26,27)18(20,21)22/h2-8H,9H2,1H3,(H,24,25). The molecule has 3 rings (SSSR count). The molecule has 3 aromatic rings. The zero-order valence-corrected chi connectivity index (χ0v) is 17.1. The minimum Gasteiger partial charge on any atom is -0.481 e. The van der Waals surface area contributed by atoms with Gasteiger partial charge in [-0.15, -0.1) is 0 Å². The lowest BCUT2D eigenvalue weighted by Gasteiger charge is -2.13. The number of halogens is 4. The highest BCUT2D eigenvalue weighted by atomic mass is 32.2. The molecule has 166 valence electrons. The van der Waals surface area contributed by atoms with Crippen molar-refractivity contribution in [2.75, 3.05) is 0 Å². The second-order valence-electron chi connectivity index (χ2n) is 6.49. The van der Waals surface area contributed by atoms with Crippen LogP contribution in [-0.2, 0) is 31.1 Å². The maximum Gasteiger partial charge on any atom is 0.501 e. The molecule has 0 atom stereocenters. The lowest BCUT2D eigenvalue weighted by atomic mass is 10.1. The van der Waals surface area contributed by atoms with Gasteiger partial charge in [0, 0.05) is 11.1 Å². The van der Waals surface area contributed by atoms with Crippen LogP contribution in [0, 0.1) is 12.7 Å². The van der Waals surface area contributed by atoms with E-state index in [4.69, 9.17) is 5.11 Å². The highest BCUT2D eigenvalue weighted by Gasteiger charge is 2.47. The first kappa shape index (κ1) is 22.7. The molecule has 2 aromatic carbocycles. The smallest absolute Gasteiger partial charge is 0.481 e. The number of benzene rings is 2. The number of rotatable bonds is 5. The summed E-state index contributed by atoms with van der Waals surface area (Å²) in [6, 6.07) is 5.66. The van der Waals surface area contributed by atoms with Crippen molar-refractivity contribution in [2.45, 2.75) is 28.6 Å². The summed E-state index contributed by atoms with van der Waals surface area (Å²) >= 11 is 0. The molecule has 0 saturated heterocycles. The van der Waals surface area contributed by atoms with E-state index >= 15 is 0 Å². The zero-order valence-electron chi connectivity index (χ0n) is 15.5. The third kappa shape index (κ3) is 3.78. The Hall–Kier alpha value is -2.93. The number of aromatic nitrogens is 1. The summed E-state index contributed by atoms with van der Waals surface area (Å²) in [5.41, 5.74) is -5.87. The van der Waals surface area contributed by atoms with E-state index in [2.05, 4.69) is 0 Å². The third-order valence-electron chi connectivity index (χ3n) is 4.53. The summed E-state index contributed by atoms with van der Waals surface area (Å²) in [5.74, 6) is -2.07. The lowest BCUT2D eigenvalue weighted by molar-refractivity contribution is -0.136. The van der Waals surface area contributed by atoms with Gasteiger partial charge >= 0.3 is 11.5 Å². The molecule has 0 fully saturated rings. The Morgan fingerprint density at radius 2 is 1.65 bits per heavy atom. The van der Waals surface area contributed by atoms with Crippen LogP contribution < -0.4 is 0 Å². The summed E-state index contributed by atoms with van der Waals surface area (Å²) in [7, 11) is -10.5. The Labute approximate surface area is 173 Å². The van der Waals surface area contributed by atoms with E-state index < -0.39 is 53.4 Å². The molecule has 13 heteroatoms. The van der Waals surface area contributed by atoms with Gasteiger partial charge in [-0.2, -0.15) is 13.2 Å². The van der Waals surface area contributed by atoms with E-state index in [0.717, 1.165) is 30.3 Å². The van der Waals surface area contributed by atoms with Gasteiger partial charge in [0.15, 0.2) is 0 Å². The number of carbonyl (C=O) groups is 1. The SMILES string of the molecule is Cc1c(CC(=O)O)c2cc(F)ccc2n1S(=O)(=O)c1cccc(S(=O)(=O)C(F)(F)F)c1. The van der Waals surface area contributed by atoms with Crippen LogP contribution in [0.5, 0.6) is 0 Å². The molecule has 0 amide bonds. The quantitative estimate of drug-likeness (QED) is 0.563. The van der Waals surface area contributed by atoms with Gasteiger partial charge in [-0.25, -0.2) is 25.2 Å². The molecular formula is C18H13F4NO6S2. The van der Waals surface area contributed by atoms with Gasteiger partial charge < -0.3 is 5.11 Å². The highest BCUT2D eigenvalue weighted by Crippen LogP contribution is 2.34. The first-order chi connectivity index (χ1) is 14.2. The number of nitrogens with zero attached hydrogens (tertiary/aromatic N) is 1. The number of hydrogen-bond acceptors (Lipinski definition) is 5. The summed E-state index contributed by atoms with van der Waals surface area (Å²) < 4.78 is 103. The van der Waals surface area contributed by atoms with E-state index in [1.807, 2.05) is 0 Å². The maximum absolute atomic E-state index is 13.7. The first-order valence-electron chi connectivity index (χ1n) is 8.36. The van der Waals surface area contributed by atoms with E-state index in [0.29, 0.717) is 16.1 Å². The molecular weight excluding hydrogens is 466 g/mol. The Morgan fingerprint density at radius 1 is 1.03 bits per heavy atom. The van der Waals surface area contributed by atoms with Crippen molar-refractivity contribution in [2.24, 2.45) is 0 Å². The molecule has 0 radical (unpaired) electrons. The number of carboxylic acids is 1. The molecule has 1 heterocycles. The largest absolute Gasteiger partial charge is 0.501 e. The normalized spacial score (nSPS) is 12.9. The van der Waals surface area contributed by atoms with Crippen LogP contribution in [0.2, 0.25) is 0 Å². The Bertz CT molecular complexity index is 1420. The minimum absolute atomic E-state index is 0.00959. The molecule has 0 bridgehead atoms. The number of alkyl halides is 3. The van der Waals surface area contributed by atoms with Gasteiger partial charge in [0.05, 0.1) is 21.7 Å². The average molecular weight is 479 g/mol. The molecule has 0 aliphatic carbocycles. The molecule has 0 aliphatic rings. The fraction of sp³-hybridized carbons (Fsp3) is 0.167. The number of carboxylic acid groups (broad SMARTS) is 1. The minimum atomic E-state index is -5.81. The Morgan fingerprint density at radius 3 is 2.23 bits per heavy atom. The van der Waals surface area contributed by atoms with E-state index in [9.17, 15) is 39.2 Å². The topological polar surface area (TPSA) is 111 Å². The van der Waals surface area contributed by atoms with Gasteiger partial charge in [0.2, 0.25) is 0 Å². The van der Waals surface area contributed by atoms with Crippen LogP contribution in [-0.4, -0.2) is 37.4 Å². The van der Waals surface area contributed by atoms with Crippen LogP contribution in [0.3, 0.4) is 0 Å².